The van der Waals surface area contributed by atoms with E-state index in [4.69, 9.17) is 9.84 Å². The third kappa shape index (κ3) is 6.42. The molecule has 0 saturated carbocycles. The molecule has 14 heavy (non-hydrogen) atoms. The molecular formula is C9H17NO4. The molecule has 0 aliphatic rings. The van der Waals surface area contributed by atoms with E-state index in [1.54, 1.807) is 14.2 Å². The number of hydrogen-bond donors (Lipinski definition) is 1. The molecule has 0 heterocycles. The minimum Gasteiger partial charge on any atom is -0.481 e. The summed E-state index contributed by atoms with van der Waals surface area (Å²) in [7, 11) is 3.27. The Morgan fingerprint density at radius 3 is 2.50 bits per heavy atom. The van der Waals surface area contributed by atoms with Crippen LogP contribution in [0.25, 0.3) is 0 Å². The van der Waals surface area contributed by atoms with Crippen molar-refractivity contribution in [3.8, 4) is 0 Å². The van der Waals surface area contributed by atoms with Gasteiger partial charge in [-0.3, -0.25) is 9.59 Å². The zero-order valence-corrected chi connectivity index (χ0v) is 8.65. The van der Waals surface area contributed by atoms with Crippen LogP contribution in [0.2, 0.25) is 0 Å². The Labute approximate surface area is 83.6 Å². The van der Waals surface area contributed by atoms with Crippen molar-refractivity contribution in [3.63, 3.8) is 0 Å². The fourth-order valence-corrected chi connectivity index (χ4v) is 0.975. The van der Waals surface area contributed by atoms with Crippen LogP contribution in [0, 0.1) is 0 Å². The van der Waals surface area contributed by atoms with Gasteiger partial charge in [-0.2, -0.15) is 0 Å². The molecule has 0 aromatic rings. The van der Waals surface area contributed by atoms with Gasteiger partial charge in [-0.15, -0.1) is 0 Å². The quantitative estimate of drug-likeness (QED) is 0.606. The molecule has 0 aliphatic heterocycles. The van der Waals surface area contributed by atoms with Gasteiger partial charge in [-0.1, -0.05) is 0 Å². The lowest BCUT2D eigenvalue weighted by Gasteiger charge is -2.16. The van der Waals surface area contributed by atoms with E-state index in [1.165, 1.54) is 4.90 Å². The van der Waals surface area contributed by atoms with E-state index in [9.17, 15) is 9.59 Å². The monoisotopic (exact) mass is 203 g/mol. The predicted octanol–water partition coefficient (Wildman–Crippen LogP) is 0.346. The van der Waals surface area contributed by atoms with E-state index in [-0.39, 0.29) is 18.7 Å². The maximum absolute atomic E-state index is 11.3. The third-order valence-electron chi connectivity index (χ3n) is 1.82. The number of carbonyl (C=O) groups is 2. The number of rotatable bonds is 7. The van der Waals surface area contributed by atoms with Gasteiger partial charge in [-0.05, 0) is 6.42 Å². The second kappa shape index (κ2) is 7.32. The highest BCUT2D eigenvalue weighted by Crippen LogP contribution is 1.97. The van der Waals surface area contributed by atoms with Crippen LogP contribution in [0.4, 0.5) is 0 Å². The number of carboxylic acid groups (broad SMARTS) is 1. The summed E-state index contributed by atoms with van der Waals surface area (Å²) in [6.45, 7) is 1.21. The van der Waals surface area contributed by atoms with Crippen molar-refractivity contribution < 1.29 is 19.4 Å². The third-order valence-corrected chi connectivity index (χ3v) is 1.82. The van der Waals surface area contributed by atoms with E-state index in [0.29, 0.717) is 13.2 Å². The number of hydrogen-bond acceptors (Lipinski definition) is 3. The summed E-state index contributed by atoms with van der Waals surface area (Å²) < 4.78 is 4.84. The highest BCUT2D eigenvalue weighted by atomic mass is 16.5. The molecule has 82 valence electrons. The van der Waals surface area contributed by atoms with E-state index in [0.717, 1.165) is 6.42 Å². The van der Waals surface area contributed by atoms with E-state index in [2.05, 4.69) is 0 Å². The van der Waals surface area contributed by atoms with Gasteiger partial charge >= 0.3 is 5.97 Å². The minimum absolute atomic E-state index is 0.0683. The molecule has 1 amide bonds. The summed E-state index contributed by atoms with van der Waals surface area (Å²) in [6, 6.07) is 0. The Morgan fingerprint density at radius 2 is 2.00 bits per heavy atom. The summed E-state index contributed by atoms with van der Waals surface area (Å²) in [5.41, 5.74) is 0. The van der Waals surface area contributed by atoms with Gasteiger partial charge in [-0.25, -0.2) is 0 Å². The summed E-state index contributed by atoms with van der Waals surface area (Å²) in [4.78, 5) is 23.0. The molecule has 0 spiro atoms. The second-order valence-electron chi connectivity index (χ2n) is 3.06. The molecular weight excluding hydrogens is 186 g/mol. The van der Waals surface area contributed by atoms with Crippen LogP contribution in [-0.4, -0.2) is 49.2 Å². The standard InChI is InChI=1S/C9H17NO4/c1-10(6-3-7-14-2)8(11)4-5-9(12)13/h3-7H2,1-2H3,(H,12,13). The Morgan fingerprint density at radius 1 is 1.36 bits per heavy atom. The zero-order chi connectivity index (χ0) is 11.0. The van der Waals surface area contributed by atoms with Gasteiger partial charge in [0, 0.05) is 33.7 Å². The van der Waals surface area contributed by atoms with Crippen molar-refractivity contribution in [2.75, 3.05) is 27.3 Å². The Bertz CT molecular complexity index is 193. The van der Waals surface area contributed by atoms with Crippen molar-refractivity contribution >= 4 is 11.9 Å². The molecule has 1 N–H and O–H groups in total. The molecule has 5 nitrogen and oxygen atoms in total. The van der Waals surface area contributed by atoms with Gasteiger partial charge in [0.05, 0.1) is 6.42 Å². The van der Waals surface area contributed by atoms with Gasteiger partial charge in [0.2, 0.25) is 5.91 Å². The topological polar surface area (TPSA) is 66.8 Å². The maximum atomic E-state index is 11.3. The molecule has 0 bridgehead atoms. The van der Waals surface area contributed by atoms with Gasteiger partial charge in [0.25, 0.3) is 0 Å². The number of methoxy groups -OCH3 is 1. The summed E-state index contributed by atoms with van der Waals surface area (Å²) >= 11 is 0. The Kier molecular flexibility index (Phi) is 6.74. The van der Waals surface area contributed by atoms with Crippen molar-refractivity contribution in [2.24, 2.45) is 0 Å². The number of carbonyl (C=O) groups excluding carboxylic acids is 1. The first-order valence-electron chi connectivity index (χ1n) is 4.52. The average Bonchev–Trinajstić information content (AvgIpc) is 2.14. The second-order valence-corrected chi connectivity index (χ2v) is 3.06. The molecule has 0 rings (SSSR count). The first-order valence-corrected chi connectivity index (χ1v) is 4.52. The highest BCUT2D eigenvalue weighted by Gasteiger charge is 2.09. The number of nitrogens with zero attached hydrogens (tertiary/aromatic N) is 1. The van der Waals surface area contributed by atoms with Crippen LogP contribution in [0.15, 0.2) is 0 Å². The lowest BCUT2D eigenvalue weighted by atomic mass is 10.3. The van der Waals surface area contributed by atoms with E-state index in [1.807, 2.05) is 0 Å². The van der Waals surface area contributed by atoms with Crippen molar-refractivity contribution in [1.82, 2.24) is 4.90 Å². The smallest absolute Gasteiger partial charge is 0.303 e. The average molecular weight is 203 g/mol. The van der Waals surface area contributed by atoms with Crippen LogP contribution in [0.5, 0.6) is 0 Å². The van der Waals surface area contributed by atoms with Crippen LogP contribution >= 0.6 is 0 Å². The van der Waals surface area contributed by atoms with Crippen molar-refractivity contribution in [3.05, 3.63) is 0 Å². The number of amides is 1. The molecule has 5 heteroatoms. The fourth-order valence-electron chi connectivity index (χ4n) is 0.975. The lowest BCUT2D eigenvalue weighted by Crippen LogP contribution is -2.28. The molecule has 0 radical (unpaired) electrons. The maximum Gasteiger partial charge on any atom is 0.303 e. The Balaban J connectivity index is 3.59. The predicted molar refractivity (Wildman–Crippen MR) is 51.0 cm³/mol. The summed E-state index contributed by atoms with van der Waals surface area (Å²) in [5, 5.41) is 8.37. The SMILES string of the molecule is COCCCN(C)C(=O)CCC(=O)O. The molecule has 0 aliphatic carbocycles. The van der Waals surface area contributed by atoms with Crippen LogP contribution in [0.3, 0.4) is 0 Å². The molecule has 0 fully saturated rings. The van der Waals surface area contributed by atoms with Crippen LogP contribution in [0.1, 0.15) is 19.3 Å². The van der Waals surface area contributed by atoms with Crippen LogP contribution < -0.4 is 0 Å². The van der Waals surface area contributed by atoms with Crippen molar-refractivity contribution in [2.45, 2.75) is 19.3 Å². The number of ether oxygens (including phenoxy) is 1. The first kappa shape index (κ1) is 12.9. The van der Waals surface area contributed by atoms with Crippen molar-refractivity contribution in [1.29, 1.82) is 0 Å². The summed E-state index contributed by atoms with van der Waals surface area (Å²) in [5.74, 6) is -1.08. The fraction of sp³-hybridized carbons (Fsp3) is 0.778. The minimum atomic E-state index is -0.941. The number of aliphatic carboxylic acids is 1. The summed E-state index contributed by atoms with van der Waals surface area (Å²) in [6.07, 6.45) is 0.734. The molecule has 0 saturated heterocycles. The normalized spacial score (nSPS) is 9.86. The largest absolute Gasteiger partial charge is 0.481 e. The lowest BCUT2D eigenvalue weighted by molar-refractivity contribution is -0.140. The van der Waals surface area contributed by atoms with Gasteiger partial charge in [0.1, 0.15) is 0 Å². The molecule has 0 aromatic carbocycles. The van der Waals surface area contributed by atoms with Gasteiger partial charge in [0.15, 0.2) is 0 Å². The zero-order valence-electron chi connectivity index (χ0n) is 8.65. The molecule has 0 atom stereocenters. The molecule has 0 aromatic heterocycles. The number of carboxylic acids is 1. The molecule has 0 unspecified atom stereocenters. The van der Waals surface area contributed by atoms with E-state index < -0.39 is 5.97 Å². The highest BCUT2D eigenvalue weighted by molar-refractivity contribution is 5.80. The first-order chi connectivity index (χ1) is 6.57. The van der Waals surface area contributed by atoms with Gasteiger partial charge < -0.3 is 14.7 Å². The van der Waals surface area contributed by atoms with Crippen LogP contribution in [-0.2, 0) is 14.3 Å². The van der Waals surface area contributed by atoms with E-state index >= 15 is 0 Å². The Hall–Kier alpha value is -1.10.